The van der Waals surface area contributed by atoms with Crippen molar-refractivity contribution in [2.75, 3.05) is 39.4 Å². The second-order valence-electron chi connectivity index (χ2n) is 16.3. The molecule has 4 aromatic carbocycles. The molecule has 0 aliphatic carbocycles. The van der Waals surface area contributed by atoms with Crippen molar-refractivity contribution in [2.24, 2.45) is 0 Å². The van der Waals surface area contributed by atoms with E-state index in [4.69, 9.17) is 29.9 Å². The molecule has 0 spiro atoms. The Morgan fingerprint density at radius 3 is 1.52 bits per heavy atom. The molecular weight excluding hydrogens is 885 g/mol. The number of thioether (sulfide) groups is 1. The number of aromatic nitrogens is 4. The lowest BCUT2D eigenvalue weighted by Gasteiger charge is -2.20. The molecule has 3 atom stereocenters. The van der Waals surface area contributed by atoms with Gasteiger partial charge in [-0.3, -0.25) is 19.5 Å². The molecule has 4 heterocycles. The lowest BCUT2D eigenvalue weighted by atomic mass is 10.1. The molecule has 1 unspecified atom stereocenters. The Balaban J connectivity index is 0.000000225. The van der Waals surface area contributed by atoms with Gasteiger partial charge in [0.25, 0.3) is 5.97 Å². The van der Waals surface area contributed by atoms with Crippen molar-refractivity contribution in [1.29, 1.82) is 0 Å². The molecule has 8 rings (SSSR count). The first-order chi connectivity index (χ1) is 32.7. The predicted octanol–water partition coefficient (Wildman–Crippen LogP) is 10.5. The zero-order valence-corrected chi connectivity index (χ0v) is 40.4. The van der Waals surface area contributed by atoms with Crippen LogP contribution in [0.25, 0.3) is 22.5 Å². The summed E-state index contributed by atoms with van der Waals surface area (Å²) < 4.78 is 24.3. The maximum absolute atomic E-state index is 12.5. The van der Waals surface area contributed by atoms with Crippen LogP contribution in [0, 0.1) is 0 Å². The summed E-state index contributed by atoms with van der Waals surface area (Å²) in [5, 5.41) is 38.1. The summed E-state index contributed by atoms with van der Waals surface area (Å²) in [5.41, 5.74) is 5.98. The van der Waals surface area contributed by atoms with Gasteiger partial charge in [0.05, 0.1) is 41.2 Å². The number of hydrogen-bond donors (Lipinski definition) is 3. The first kappa shape index (κ1) is 52.4. The van der Waals surface area contributed by atoms with E-state index in [9.17, 15) is 4.21 Å². The second kappa shape index (κ2) is 29.3. The third-order valence-corrected chi connectivity index (χ3v) is 13.6. The van der Waals surface area contributed by atoms with Gasteiger partial charge in [0.15, 0.2) is 0 Å². The van der Waals surface area contributed by atoms with E-state index in [0.717, 1.165) is 102 Å². The highest BCUT2D eigenvalue weighted by Gasteiger charge is 2.20. The van der Waals surface area contributed by atoms with Crippen LogP contribution in [-0.4, -0.2) is 107 Å². The lowest BCUT2D eigenvalue weighted by molar-refractivity contribution is -0.176. The van der Waals surface area contributed by atoms with E-state index in [0.29, 0.717) is 16.8 Å². The Morgan fingerprint density at radius 2 is 1.10 bits per heavy atom. The molecule has 0 amide bonds. The van der Waals surface area contributed by atoms with Crippen LogP contribution in [0.1, 0.15) is 70.4 Å². The van der Waals surface area contributed by atoms with Crippen molar-refractivity contribution in [3.05, 3.63) is 145 Å². The van der Waals surface area contributed by atoms with Gasteiger partial charge in [0, 0.05) is 49.0 Å². The van der Waals surface area contributed by atoms with Crippen LogP contribution in [0.2, 0.25) is 0 Å². The van der Waals surface area contributed by atoms with Crippen LogP contribution in [-0.2, 0) is 27.1 Å². The highest BCUT2D eigenvalue weighted by atomic mass is 32.2. The molecule has 2 aliphatic rings. The zero-order chi connectivity index (χ0) is 47.6. The van der Waals surface area contributed by atoms with Gasteiger partial charge in [0.2, 0.25) is 0 Å². The van der Waals surface area contributed by atoms with Gasteiger partial charge in [-0.25, -0.2) is 0 Å². The molecule has 0 bridgehead atoms. The van der Waals surface area contributed by atoms with Gasteiger partial charge < -0.3 is 24.4 Å². The minimum atomic E-state index is -1.21. The molecule has 13 nitrogen and oxygen atoms in total. The van der Waals surface area contributed by atoms with Crippen molar-refractivity contribution in [3.63, 3.8) is 0 Å². The number of carbonyl (C=O) groups is 1. The van der Waals surface area contributed by atoms with Gasteiger partial charge in [-0.1, -0.05) is 72.4 Å². The number of nitrogens with zero attached hydrogens (tertiary/aromatic N) is 6. The molecular formula is C52H64N6O7S2. The summed E-state index contributed by atoms with van der Waals surface area (Å²) >= 11 is 1.70. The van der Waals surface area contributed by atoms with E-state index < -0.39 is 16.8 Å². The monoisotopic (exact) mass is 948 g/mol. The second-order valence-corrected chi connectivity index (χ2v) is 18.7. The first-order valence-electron chi connectivity index (χ1n) is 22.8. The normalized spacial score (nSPS) is 16.0. The molecule has 2 fully saturated rings. The van der Waals surface area contributed by atoms with Crippen LogP contribution in [0.4, 0.5) is 0 Å². The SMILES string of the molecule is CC(=O)O.C[C@@H]1CCCN1CCCOc1ccc(-c2ccc(S(=O)Cc3ccccc3)nn2)cc1.C[C@@H]1CCCN1CCCOc1ccc(-c2ccc(SCc3ccccc3)nn2)cc1.OO. The lowest BCUT2D eigenvalue weighted by Crippen LogP contribution is -2.28. The minimum absolute atomic E-state index is 0.442. The molecule has 0 radical (unpaired) electrons. The standard InChI is InChI=1S/C25H29N3O2S.C25H29N3OS.C2H4O2.H2O2/c1-20-7-5-16-28(20)17-6-18-30-23-12-10-22(11-13-23)24-14-15-25(27-26-24)31(29)19-21-8-3-2-4-9-21;1-20-7-5-16-28(20)17-6-18-29-23-12-10-22(11-13-23)24-14-15-25(27-26-24)30-19-21-8-3-2-4-9-21;1-2(3)4;1-2/h2-4,8-15,20H,5-7,16-19H2,1H3;2-4,8-15,20H,5-7,16-19H2,1H3;1H3,(H,3,4);1-2H/t20-,31?;20-;;/m11../s1. The van der Waals surface area contributed by atoms with Gasteiger partial charge in [0.1, 0.15) is 21.6 Å². The summed E-state index contributed by atoms with van der Waals surface area (Å²) in [6.45, 7) is 11.9. The fraction of sp³-hybridized carbons (Fsp3) is 0.365. The van der Waals surface area contributed by atoms with Crippen molar-refractivity contribution >= 4 is 28.5 Å². The van der Waals surface area contributed by atoms with E-state index in [1.54, 1.807) is 17.8 Å². The maximum atomic E-state index is 12.5. The van der Waals surface area contributed by atoms with Gasteiger partial charge >= 0.3 is 0 Å². The number of carboxylic acid groups (broad SMARTS) is 1. The van der Waals surface area contributed by atoms with Crippen LogP contribution in [0.5, 0.6) is 11.5 Å². The van der Waals surface area contributed by atoms with Crippen molar-refractivity contribution in [2.45, 2.75) is 92.9 Å². The maximum Gasteiger partial charge on any atom is 0.300 e. The van der Waals surface area contributed by atoms with Gasteiger partial charge in [-0.05, 0) is 149 Å². The average molecular weight is 949 g/mol. The predicted molar refractivity (Wildman–Crippen MR) is 267 cm³/mol. The fourth-order valence-electron chi connectivity index (χ4n) is 7.69. The summed E-state index contributed by atoms with van der Waals surface area (Å²) in [7, 11) is -1.21. The first-order valence-corrected chi connectivity index (χ1v) is 25.1. The molecule has 2 aromatic heterocycles. The molecule has 356 valence electrons. The largest absolute Gasteiger partial charge is 0.494 e. The molecule has 15 heteroatoms. The molecule has 3 N–H and O–H groups in total. The molecule has 2 saturated heterocycles. The smallest absolute Gasteiger partial charge is 0.300 e. The Hall–Kier alpha value is -5.55. The summed E-state index contributed by atoms with van der Waals surface area (Å²) in [6, 6.07) is 45.5. The number of ether oxygens (including phenoxy) is 2. The summed E-state index contributed by atoms with van der Waals surface area (Å²) in [4.78, 5) is 14.1. The highest BCUT2D eigenvalue weighted by molar-refractivity contribution is 7.98. The third kappa shape index (κ3) is 18.6. The van der Waals surface area contributed by atoms with E-state index in [2.05, 4.69) is 80.4 Å². The topological polar surface area (TPSA) is 171 Å². The number of rotatable bonds is 18. The molecule has 0 saturated carbocycles. The van der Waals surface area contributed by atoms with Crippen LogP contribution in [0.15, 0.2) is 144 Å². The quantitative estimate of drug-likeness (QED) is 0.0322. The molecule has 67 heavy (non-hydrogen) atoms. The Morgan fingerprint density at radius 1 is 0.642 bits per heavy atom. The third-order valence-electron chi connectivity index (χ3n) is 11.3. The highest BCUT2D eigenvalue weighted by Crippen LogP contribution is 2.26. The molecule has 6 aromatic rings. The number of aliphatic carboxylic acids is 1. The summed E-state index contributed by atoms with van der Waals surface area (Å²) in [5.74, 6) is 2.29. The van der Waals surface area contributed by atoms with Crippen LogP contribution >= 0.6 is 11.8 Å². The Labute approximate surface area is 402 Å². The zero-order valence-electron chi connectivity index (χ0n) is 38.7. The number of carboxylic acids is 1. The van der Waals surface area contributed by atoms with Gasteiger partial charge in [-0.2, -0.15) is 0 Å². The Bertz CT molecular complexity index is 2310. The van der Waals surface area contributed by atoms with Crippen molar-refractivity contribution in [3.8, 4) is 34.0 Å². The van der Waals surface area contributed by atoms with E-state index in [1.807, 2.05) is 91.0 Å². The summed E-state index contributed by atoms with van der Waals surface area (Å²) in [6.07, 6.45) is 7.40. The average Bonchev–Trinajstić information content (AvgIpc) is 3.98. The van der Waals surface area contributed by atoms with Crippen molar-refractivity contribution in [1.82, 2.24) is 30.2 Å². The fourth-order valence-corrected chi connectivity index (χ4v) is 9.45. The van der Waals surface area contributed by atoms with Crippen LogP contribution < -0.4 is 9.47 Å². The number of likely N-dealkylation sites (tertiary alicyclic amines) is 2. The number of benzene rings is 4. The van der Waals surface area contributed by atoms with Crippen LogP contribution in [0.3, 0.4) is 0 Å². The van der Waals surface area contributed by atoms with E-state index in [1.165, 1.54) is 44.3 Å². The number of hydrogen-bond acceptors (Lipinski definition) is 13. The Kier molecular flexibility index (Phi) is 22.9. The van der Waals surface area contributed by atoms with E-state index in [-0.39, 0.29) is 0 Å². The van der Waals surface area contributed by atoms with Gasteiger partial charge in [-0.15, -0.1) is 20.4 Å². The van der Waals surface area contributed by atoms with Crippen molar-refractivity contribution < 1.29 is 34.1 Å². The minimum Gasteiger partial charge on any atom is -0.494 e. The molecule has 2 aliphatic heterocycles. The van der Waals surface area contributed by atoms with E-state index >= 15 is 0 Å².